The number of hydrogen-bond donors (Lipinski definition) is 2. The van der Waals surface area contributed by atoms with Gasteiger partial charge in [0, 0.05) is 0 Å². The molecule has 1 fully saturated rings. The van der Waals surface area contributed by atoms with Gasteiger partial charge in [-0.25, -0.2) is 13.5 Å². The van der Waals surface area contributed by atoms with E-state index in [9.17, 15) is 8.42 Å². The summed E-state index contributed by atoms with van der Waals surface area (Å²) >= 11 is 0. The number of ether oxygens (including phenoxy) is 1. The zero-order chi connectivity index (χ0) is 13.0. The van der Waals surface area contributed by atoms with Gasteiger partial charge in [0.1, 0.15) is 0 Å². The van der Waals surface area contributed by atoms with E-state index < -0.39 is 10.0 Å². The maximum atomic E-state index is 11.9. The largest absolute Gasteiger partial charge is 0.466 e. The maximum Gasteiger partial charge on any atom is 0.336 e. The van der Waals surface area contributed by atoms with Crippen molar-refractivity contribution in [3.8, 4) is 6.01 Å². The molecule has 0 radical (unpaired) electrons. The van der Waals surface area contributed by atoms with Gasteiger partial charge < -0.3 is 4.74 Å². The summed E-state index contributed by atoms with van der Waals surface area (Å²) in [5.41, 5.74) is 0. The van der Waals surface area contributed by atoms with E-state index in [1.807, 2.05) is 0 Å². The van der Waals surface area contributed by atoms with E-state index in [-0.39, 0.29) is 23.6 Å². The van der Waals surface area contributed by atoms with E-state index in [2.05, 4.69) is 19.9 Å². The average molecular weight is 274 g/mol. The van der Waals surface area contributed by atoms with Crippen LogP contribution < -0.4 is 9.46 Å². The molecule has 8 heteroatoms. The van der Waals surface area contributed by atoms with E-state index >= 15 is 0 Å². The van der Waals surface area contributed by atoms with Crippen molar-refractivity contribution in [2.45, 2.75) is 32.1 Å². The molecule has 0 unspecified atom stereocenters. The first-order chi connectivity index (χ1) is 8.59. The quantitative estimate of drug-likeness (QED) is 0.839. The number of sulfonamides is 1. The number of methoxy groups -OCH3 is 1. The minimum atomic E-state index is -3.37. The van der Waals surface area contributed by atoms with E-state index in [0.29, 0.717) is 0 Å². The third-order valence-electron chi connectivity index (χ3n) is 3.08. The molecule has 0 bridgehead atoms. The predicted molar refractivity (Wildman–Crippen MR) is 66.9 cm³/mol. The summed E-state index contributed by atoms with van der Waals surface area (Å²) in [4.78, 5) is 3.83. The van der Waals surface area contributed by atoms with Crippen LogP contribution in [0.1, 0.15) is 32.1 Å². The van der Waals surface area contributed by atoms with Gasteiger partial charge in [-0.3, -0.25) is 4.72 Å². The van der Waals surface area contributed by atoms with E-state index in [1.165, 1.54) is 13.5 Å². The Morgan fingerprint density at radius 1 is 1.39 bits per heavy atom. The molecule has 1 aromatic rings. The Kier molecular flexibility index (Phi) is 4.05. The monoisotopic (exact) mass is 274 g/mol. The lowest BCUT2D eigenvalue weighted by Gasteiger charge is -2.21. The lowest BCUT2D eigenvalue weighted by atomic mass is 9.91. The molecule has 0 aromatic carbocycles. The van der Waals surface area contributed by atoms with Gasteiger partial charge in [0.15, 0.2) is 0 Å². The van der Waals surface area contributed by atoms with Gasteiger partial charge >= 0.3 is 6.01 Å². The first kappa shape index (κ1) is 13.1. The van der Waals surface area contributed by atoms with Crippen molar-refractivity contribution in [1.82, 2.24) is 15.2 Å². The fourth-order valence-corrected chi connectivity index (χ4v) is 3.66. The van der Waals surface area contributed by atoms with Gasteiger partial charge in [0.2, 0.25) is 16.0 Å². The minimum absolute atomic E-state index is 0.0997. The van der Waals surface area contributed by atoms with Crippen LogP contribution in [0.2, 0.25) is 0 Å². The lowest BCUT2D eigenvalue weighted by molar-refractivity contribution is 0.382. The molecule has 2 N–H and O–H groups in total. The molecule has 0 amide bonds. The highest BCUT2D eigenvalue weighted by Gasteiger charge is 2.22. The number of aromatic amines is 1. The van der Waals surface area contributed by atoms with Crippen LogP contribution in [0.25, 0.3) is 0 Å². The third-order valence-corrected chi connectivity index (χ3v) is 4.49. The van der Waals surface area contributed by atoms with Crippen molar-refractivity contribution in [3.63, 3.8) is 0 Å². The summed E-state index contributed by atoms with van der Waals surface area (Å²) in [7, 11) is -1.95. The SMILES string of the molecule is COc1n[nH]c(NS(=O)(=O)CC2CCCCC2)n1. The van der Waals surface area contributed by atoms with Crippen LogP contribution in [0.3, 0.4) is 0 Å². The second kappa shape index (κ2) is 5.55. The van der Waals surface area contributed by atoms with E-state index in [4.69, 9.17) is 4.74 Å². The summed E-state index contributed by atoms with van der Waals surface area (Å²) in [5, 5.41) is 6.15. The average Bonchev–Trinajstić information content (AvgIpc) is 2.76. The van der Waals surface area contributed by atoms with Crippen molar-refractivity contribution >= 4 is 16.0 Å². The van der Waals surface area contributed by atoms with Crippen molar-refractivity contribution in [2.75, 3.05) is 17.6 Å². The zero-order valence-electron chi connectivity index (χ0n) is 10.3. The van der Waals surface area contributed by atoms with Crippen LogP contribution in [0, 0.1) is 5.92 Å². The molecule has 0 saturated heterocycles. The summed E-state index contributed by atoms with van der Waals surface area (Å²) in [6.45, 7) is 0. The predicted octanol–water partition coefficient (Wildman–Crippen LogP) is 1.14. The van der Waals surface area contributed by atoms with E-state index in [0.717, 1.165) is 25.7 Å². The number of nitrogens with zero attached hydrogens (tertiary/aromatic N) is 2. The topological polar surface area (TPSA) is 97.0 Å². The molecule has 0 atom stereocenters. The highest BCUT2D eigenvalue weighted by molar-refractivity contribution is 7.92. The number of H-pyrrole nitrogens is 1. The molecule has 1 saturated carbocycles. The van der Waals surface area contributed by atoms with Crippen LogP contribution in [0.5, 0.6) is 6.01 Å². The lowest BCUT2D eigenvalue weighted by Crippen LogP contribution is -2.24. The molecule has 1 aliphatic carbocycles. The Bertz CT molecular complexity index is 479. The summed E-state index contributed by atoms with van der Waals surface area (Å²) < 4.78 is 31.0. The van der Waals surface area contributed by atoms with Gasteiger partial charge in [-0.15, -0.1) is 5.10 Å². The first-order valence-electron chi connectivity index (χ1n) is 6.06. The second-order valence-electron chi connectivity index (χ2n) is 4.56. The first-order valence-corrected chi connectivity index (χ1v) is 7.71. The van der Waals surface area contributed by atoms with E-state index in [1.54, 1.807) is 0 Å². The normalized spacial score (nSPS) is 17.6. The minimum Gasteiger partial charge on any atom is -0.466 e. The Labute approximate surface area is 106 Å². The van der Waals surface area contributed by atoms with Gasteiger partial charge in [-0.1, -0.05) is 19.3 Å². The fraction of sp³-hybridized carbons (Fsp3) is 0.800. The Morgan fingerprint density at radius 3 is 2.72 bits per heavy atom. The van der Waals surface area contributed by atoms with Crippen molar-refractivity contribution in [1.29, 1.82) is 0 Å². The molecule has 7 nitrogen and oxygen atoms in total. The Balaban J connectivity index is 1.93. The molecule has 0 spiro atoms. The summed E-state index contributed by atoms with van der Waals surface area (Å²) in [6, 6.07) is 0.116. The standard InChI is InChI=1S/C10H18N4O3S/c1-17-10-11-9(12-13-10)14-18(15,16)7-8-5-3-2-4-6-8/h8H,2-7H2,1H3,(H2,11,12,13,14). The van der Waals surface area contributed by atoms with Crippen LogP contribution in [0.15, 0.2) is 0 Å². The van der Waals surface area contributed by atoms with Crippen LogP contribution in [-0.2, 0) is 10.0 Å². The van der Waals surface area contributed by atoms with Gasteiger partial charge in [-0.2, -0.15) is 4.98 Å². The van der Waals surface area contributed by atoms with Gasteiger partial charge in [0.05, 0.1) is 12.9 Å². The van der Waals surface area contributed by atoms with Crippen molar-refractivity contribution < 1.29 is 13.2 Å². The third kappa shape index (κ3) is 3.59. The fourth-order valence-electron chi connectivity index (χ4n) is 2.24. The molecule has 1 aromatic heterocycles. The van der Waals surface area contributed by atoms with Crippen molar-refractivity contribution in [2.24, 2.45) is 5.92 Å². The number of nitrogens with one attached hydrogen (secondary N) is 2. The number of anilines is 1. The summed E-state index contributed by atoms with van der Waals surface area (Å²) in [5.74, 6) is 0.499. The highest BCUT2D eigenvalue weighted by atomic mass is 32.2. The van der Waals surface area contributed by atoms with Crippen LogP contribution >= 0.6 is 0 Å². The molecule has 102 valence electrons. The van der Waals surface area contributed by atoms with Gasteiger partial charge in [-0.05, 0) is 18.8 Å². The smallest absolute Gasteiger partial charge is 0.336 e. The maximum absolute atomic E-state index is 11.9. The second-order valence-corrected chi connectivity index (χ2v) is 6.33. The molecule has 2 rings (SSSR count). The van der Waals surface area contributed by atoms with Crippen LogP contribution in [-0.4, -0.2) is 36.5 Å². The van der Waals surface area contributed by atoms with Crippen molar-refractivity contribution in [3.05, 3.63) is 0 Å². The van der Waals surface area contributed by atoms with Gasteiger partial charge in [0.25, 0.3) is 0 Å². The molecule has 1 heterocycles. The molecule has 0 aliphatic heterocycles. The zero-order valence-corrected chi connectivity index (χ0v) is 11.2. The number of hydrogen-bond acceptors (Lipinski definition) is 5. The summed E-state index contributed by atoms with van der Waals surface area (Å²) in [6.07, 6.45) is 5.43. The van der Waals surface area contributed by atoms with Crippen LogP contribution in [0.4, 0.5) is 5.95 Å². The molecule has 1 aliphatic rings. The molecule has 18 heavy (non-hydrogen) atoms. The Hall–Kier alpha value is -1.31. The molecular weight excluding hydrogens is 256 g/mol. The molecular formula is C10H18N4O3S. The number of aromatic nitrogens is 3. The Morgan fingerprint density at radius 2 is 2.11 bits per heavy atom. The number of rotatable bonds is 5. The highest BCUT2D eigenvalue weighted by Crippen LogP contribution is 2.25.